The van der Waals surface area contributed by atoms with Gasteiger partial charge in [0.2, 0.25) is 0 Å². The summed E-state index contributed by atoms with van der Waals surface area (Å²) in [6.07, 6.45) is 9.16. The summed E-state index contributed by atoms with van der Waals surface area (Å²) in [4.78, 5) is 8.88. The van der Waals surface area contributed by atoms with Gasteiger partial charge in [-0.25, -0.2) is 9.97 Å². The number of halogens is 2. The number of nitrogens with zero attached hydrogens (tertiary/aromatic N) is 3. The van der Waals surface area contributed by atoms with Crippen molar-refractivity contribution < 1.29 is 9.47 Å². The van der Waals surface area contributed by atoms with E-state index in [0.29, 0.717) is 60.5 Å². The van der Waals surface area contributed by atoms with Gasteiger partial charge in [-0.3, -0.25) is 0 Å². The maximum Gasteiger partial charge on any atom is 0.152 e. The van der Waals surface area contributed by atoms with Gasteiger partial charge in [-0.2, -0.15) is 5.26 Å². The van der Waals surface area contributed by atoms with Gasteiger partial charge in [-0.05, 0) is 50.7 Å². The van der Waals surface area contributed by atoms with Crippen LogP contribution in [-0.2, 0) is 9.47 Å². The Labute approximate surface area is 223 Å². The van der Waals surface area contributed by atoms with Gasteiger partial charge in [-0.15, -0.1) is 0 Å². The first-order chi connectivity index (χ1) is 17.5. The van der Waals surface area contributed by atoms with Gasteiger partial charge in [0.15, 0.2) is 5.15 Å². The highest BCUT2D eigenvalue weighted by Crippen LogP contribution is 2.35. The van der Waals surface area contributed by atoms with Crippen molar-refractivity contribution in [3.05, 3.63) is 34.7 Å². The number of ether oxygens (including phenoxy) is 2. The van der Waals surface area contributed by atoms with Crippen LogP contribution in [0.15, 0.2) is 24.5 Å². The van der Waals surface area contributed by atoms with Gasteiger partial charge in [0.05, 0.1) is 28.8 Å². The maximum absolute atomic E-state index is 9.75. The number of hydrogen-bond acceptors (Lipinski definition) is 8. The van der Waals surface area contributed by atoms with Crippen LogP contribution >= 0.6 is 23.2 Å². The fraction of sp³-hybridized carbons (Fsp3) is 0.577. The van der Waals surface area contributed by atoms with E-state index >= 15 is 0 Å². The quantitative estimate of drug-likeness (QED) is 0.285. The Morgan fingerprint density at radius 3 is 2.58 bits per heavy atom. The van der Waals surface area contributed by atoms with Gasteiger partial charge >= 0.3 is 0 Å². The number of anilines is 2. The molecule has 10 heteroatoms. The van der Waals surface area contributed by atoms with Crippen molar-refractivity contribution in [1.82, 2.24) is 15.3 Å². The third kappa shape index (κ3) is 6.99. The normalized spacial score (nSPS) is 21.5. The lowest BCUT2D eigenvalue weighted by atomic mass is 9.81. The minimum atomic E-state index is -0.471. The van der Waals surface area contributed by atoms with Crippen LogP contribution in [0.4, 0.5) is 11.5 Å². The van der Waals surface area contributed by atoms with Crippen LogP contribution in [-0.4, -0.2) is 62.1 Å². The van der Waals surface area contributed by atoms with Crippen LogP contribution in [0.5, 0.6) is 0 Å². The molecule has 2 fully saturated rings. The van der Waals surface area contributed by atoms with Gasteiger partial charge in [0.25, 0.3) is 0 Å². The van der Waals surface area contributed by atoms with E-state index < -0.39 is 5.41 Å². The molecule has 8 nitrogen and oxygen atoms in total. The van der Waals surface area contributed by atoms with E-state index in [2.05, 4.69) is 32.0 Å². The summed E-state index contributed by atoms with van der Waals surface area (Å²) in [5, 5.41) is 21.1. The Hall–Kier alpha value is -2.15. The summed E-state index contributed by atoms with van der Waals surface area (Å²) >= 11 is 12.9. The number of pyridine rings is 2. The van der Waals surface area contributed by atoms with Crippen LogP contribution in [0.25, 0.3) is 11.1 Å². The lowest BCUT2D eigenvalue weighted by Gasteiger charge is -2.31. The molecule has 2 aromatic heterocycles. The van der Waals surface area contributed by atoms with Gasteiger partial charge in [-0.1, -0.05) is 23.2 Å². The number of nitriles is 1. The van der Waals surface area contributed by atoms with Crippen molar-refractivity contribution in [2.24, 2.45) is 5.41 Å². The Kier molecular flexibility index (Phi) is 9.63. The first-order valence-corrected chi connectivity index (χ1v) is 13.3. The summed E-state index contributed by atoms with van der Waals surface area (Å²) in [5.74, 6) is 0.792. The average molecular weight is 534 g/mol. The molecular formula is C26H34Cl2N6O2. The highest BCUT2D eigenvalue weighted by Gasteiger charge is 2.32. The number of methoxy groups -OCH3 is 1. The minimum Gasteiger partial charge on any atom is -0.383 e. The molecule has 0 amide bonds. The van der Waals surface area contributed by atoms with E-state index in [1.807, 2.05) is 12.1 Å². The Balaban J connectivity index is 1.41. The minimum absolute atomic E-state index is 0.360. The van der Waals surface area contributed by atoms with Crippen LogP contribution in [0.1, 0.15) is 38.5 Å². The topological polar surface area (TPSA) is 104 Å². The molecule has 0 aromatic carbocycles. The molecule has 1 aliphatic carbocycles. The zero-order chi connectivity index (χ0) is 25.4. The third-order valence-electron chi connectivity index (χ3n) is 7.13. The Bertz CT molecular complexity index is 1050. The molecule has 1 saturated carbocycles. The molecule has 2 aliphatic rings. The number of hydrogen-bond donors (Lipinski definition) is 3. The van der Waals surface area contributed by atoms with E-state index in [-0.39, 0.29) is 0 Å². The van der Waals surface area contributed by atoms with Crippen molar-refractivity contribution in [2.75, 3.05) is 50.7 Å². The fourth-order valence-corrected chi connectivity index (χ4v) is 5.21. The second-order valence-corrected chi connectivity index (χ2v) is 10.4. The Morgan fingerprint density at radius 2 is 1.86 bits per heavy atom. The van der Waals surface area contributed by atoms with Crippen molar-refractivity contribution in [2.45, 2.75) is 50.6 Å². The standard InChI is InChI=1S/C26H34Cl2N6O2/c1-35-11-8-30-19-2-4-20(5-3-19)34-24-13-21(22(27)15-31-24)18-12-23(25(28)32-14-18)33-17-26(16-29)6-9-36-10-7-26/h12-15,19-20,30,33H,2-11,17H2,1H3,(H,31,34). The number of aromatic nitrogens is 2. The van der Waals surface area contributed by atoms with Crippen LogP contribution in [0.3, 0.4) is 0 Å². The molecule has 36 heavy (non-hydrogen) atoms. The second-order valence-electron chi connectivity index (χ2n) is 9.61. The predicted octanol–water partition coefficient (Wildman–Crippen LogP) is 5.14. The fourth-order valence-electron chi connectivity index (χ4n) is 4.83. The molecule has 1 saturated heterocycles. The van der Waals surface area contributed by atoms with E-state index in [1.54, 1.807) is 19.5 Å². The second kappa shape index (κ2) is 12.9. The number of nitrogens with one attached hydrogen (secondary N) is 3. The molecule has 0 radical (unpaired) electrons. The third-order valence-corrected chi connectivity index (χ3v) is 7.73. The highest BCUT2D eigenvalue weighted by molar-refractivity contribution is 6.33. The first-order valence-electron chi connectivity index (χ1n) is 12.5. The smallest absolute Gasteiger partial charge is 0.152 e. The summed E-state index contributed by atoms with van der Waals surface area (Å²) in [6, 6.07) is 7.28. The molecule has 0 unspecified atom stereocenters. The summed E-state index contributed by atoms with van der Waals surface area (Å²) in [5.41, 5.74) is 1.87. The van der Waals surface area contributed by atoms with Crippen molar-refractivity contribution in [3.63, 3.8) is 0 Å². The lowest BCUT2D eigenvalue weighted by molar-refractivity contribution is 0.0456. The van der Waals surface area contributed by atoms with E-state index in [1.165, 1.54) is 0 Å². The monoisotopic (exact) mass is 532 g/mol. The molecule has 0 spiro atoms. The van der Waals surface area contributed by atoms with Crippen LogP contribution in [0.2, 0.25) is 10.2 Å². The van der Waals surface area contributed by atoms with Gasteiger partial charge in [0, 0.05) is 69.0 Å². The predicted molar refractivity (Wildman–Crippen MR) is 144 cm³/mol. The first kappa shape index (κ1) is 26.9. The summed E-state index contributed by atoms with van der Waals surface area (Å²) in [6.45, 7) is 3.29. The number of rotatable bonds is 10. The van der Waals surface area contributed by atoms with Crippen molar-refractivity contribution in [1.29, 1.82) is 5.26 Å². The molecule has 1 aliphatic heterocycles. The van der Waals surface area contributed by atoms with Crippen molar-refractivity contribution >= 4 is 34.7 Å². The molecule has 3 N–H and O–H groups in total. The molecule has 2 aromatic rings. The zero-order valence-corrected chi connectivity index (χ0v) is 22.2. The zero-order valence-electron chi connectivity index (χ0n) is 20.7. The van der Waals surface area contributed by atoms with E-state index in [0.717, 1.165) is 55.8 Å². The van der Waals surface area contributed by atoms with Crippen LogP contribution in [0, 0.1) is 16.7 Å². The molecular weight excluding hydrogens is 499 g/mol. The molecule has 3 heterocycles. The SMILES string of the molecule is COCCNC1CCC(Nc2cc(-c3cnc(Cl)c(NCC4(C#N)CCOCC4)c3)c(Cl)cn2)CC1. The summed E-state index contributed by atoms with van der Waals surface area (Å²) < 4.78 is 10.6. The summed E-state index contributed by atoms with van der Waals surface area (Å²) in [7, 11) is 1.73. The average Bonchev–Trinajstić information content (AvgIpc) is 2.91. The molecule has 0 bridgehead atoms. The highest BCUT2D eigenvalue weighted by atomic mass is 35.5. The molecule has 194 valence electrons. The van der Waals surface area contributed by atoms with Gasteiger partial charge in [0.1, 0.15) is 5.82 Å². The van der Waals surface area contributed by atoms with Crippen LogP contribution < -0.4 is 16.0 Å². The van der Waals surface area contributed by atoms with E-state index in [9.17, 15) is 5.26 Å². The molecule has 0 atom stereocenters. The van der Waals surface area contributed by atoms with Gasteiger partial charge < -0.3 is 25.4 Å². The van der Waals surface area contributed by atoms with Crippen molar-refractivity contribution in [3.8, 4) is 17.2 Å². The lowest BCUT2D eigenvalue weighted by Crippen LogP contribution is -2.38. The molecule has 4 rings (SSSR count). The Morgan fingerprint density at radius 1 is 1.11 bits per heavy atom. The largest absolute Gasteiger partial charge is 0.383 e. The van der Waals surface area contributed by atoms with E-state index in [4.69, 9.17) is 32.7 Å². The maximum atomic E-state index is 9.75.